The summed E-state index contributed by atoms with van der Waals surface area (Å²) < 4.78 is 39.7. The first-order valence-corrected chi connectivity index (χ1v) is 5.84. The van der Waals surface area contributed by atoms with E-state index in [-0.39, 0.29) is 22.3 Å². The number of hydrogen-bond donors (Lipinski definition) is 0. The van der Waals surface area contributed by atoms with E-state index in [1.54, 1.807) is 0 Å². The predicted molar refractivity (Wildman–Crippen MR) is 59.8 cm³/mol. The molecule has 1 aromatic rings. The van der Waals surface area contributed by atoms with E-state index in [0.717, 1.165) is 31.4 Å². The van der Waals surface area contributed by atoms with Gasteiger partial charge in [-0.05, 0) is 31.0 Å². The highest BCUT2D eigenvalue weighted by Gasteiger charge is 2.32. The summed E-state index contributed by atoms with van der Waals surface area (Å²) in [4.78, 5) is 11.9. The molecule has 0 bridgehead atoms. The second kappa shape index (κ2) is 4.80. The molecule has 0 radical (unpaired) electrons. The SMILES string of the molecule is O=C(c1ccc(OC(F)(F)F)cc1Cl)C1CCC1. The molecular formula is C12H10ClF3O2. The van der Waals surface area contributed by atoms with Gasteiger partial charge in [0.1, 0.15) is 5.75 Å². The molecule has 0 spiro atoms. The van der Waals surface area contributed by atoms with Gasteiger partial charge in [-0.2, -0.15) is 0 Å². The summed E-state index contributed by atoms with van der Waals surface area (Å²) in [6.45, 7) is 0. The van der Waals surface area contributed by atoms with E-state index < -0.39 is 12.1 Å². The van der Waals surface area contributed by atoms with E-state index in [2.05, 4.69) is 4.74 Å². The summed E-state index contributed by atoms with van der Waals surface area (Å²) in [5, 5.41) is -0.00588. The van der Waals surface area contributed by atoms with Crippen LogP contribution >= 0.6 is 11.6 Å². The Kier molecular flexibility index (Phi) is 3.52. The molecule has 1 saturated carbocycles. The molecule has 1 aliphatic rings. The Balaban J connectivity index is 2.17. The van der Waals surface area contributed by atoms with Crippen molar-refractivity contribution in [2.24, 2.45) is 5.92 Å². The summed E-state index contributed by atoms with van der Waals surface area (Å²) in [5.74, 6) is -0.570. The van der Waals surface area contributed by atoms with Gasteiger partial charge in [0, 0.05) is 11.5 Å². The van der Waals surface area contributed by atoms with Gasteiger partial charge >= 0.3 is 6.36 Å². The average Bonchev–Trinajstić information content (AvgIpc) is 2.11. The minimum absolute atomic E-state index is 0.00588. The van der Waals surface area contributed by atoms with Crippen molar-refractivity contribution in [1.29, 1.82) is 0 Å². The zero-order valence-electron chi connectivity index (χ0n) is 9.26. The Hall–Kier alpha value is -1.23. The van der Waals surface area contributed by atoms with E-state index in [1.807, 2.05) is 0 Å². The molecule has 18 heavy (non-hydrogen) atoms. The van der Waals surface area contributed by atoms with E-state index in [0.29, 0.717) is 0 Å². The van der Waals surface area contributed by atoms with Crippen LogP contribution in [0.25, 0.3) is 0 Å². The maximum atomic E-state index is 12.0. The van der Waals surface area contributed by atoms with Crippen molar-refractivity contribution in [2.45, 2.75) is 25.6 Å². The second-order valence-electron chi connectivity index (χ2n) is 4.18. The first-order valence-electron chi connectivity index (χ1n) is 5.46. The number of benzene rings is 1. The summed E-state index contributed by atoms with van der Waals surface area (Å²) in [6.07, 6.45) is -2.13. The van der Waals surface area contributed by atoms with Crippen molar-refractivity contribution in [3.8, 4) is 5.75 Å². The summed E-state index contributed by atoms with van der Waals surface area (Å²) in [7, 11) is 0. The molecule has 1 fully saturated rings. The molecule has 0 unspecified atom stereocenters. The van der Waals surface area contributed by atoms with Crippen LogP contribution in [0.5, 0.6) is 5.75 Å². The van der Waals surface area contributed by atoms with Crippen LogP contribution in [-0.2, 0) is 0 Å². The van der Waals surface area contributed by atoms with E-state index in [9.17, 15) is 18.0 Å². The molecule has 6 heteroatoms. The quantitative estimate of drug-likeness (QED) is 0.774. The number of ketones is 1. The van der Waals surface area contributed by atoms with E-state index >= 15 is 0 Å². The number of ether oxygens (including phenoxy) is 1. The van der Waals surface area contributed by atoms with Crippen molar-refractivity contribution in [3.63, 3.8) is 0 Å². The van der Waals surface area contributed by atoms with Crippen molar-refractivity contribution < 1.29 is 22.7 Å². The Morgan fingerprint density at radius 3 is 2.44 bits per heavy atom. The number of carbonyl (C=O) groups is 1. The molecule has 0 saturated heterocycles. The smallest absolute Gasteiger partial charge is 0.406 e. The normalized spacial score (nSPS) is 16.2. The van der Waals surface area contributed by atoms with Crippen molar-refractivity contribution in [3.05, 3.63) is 28.8 Å². The van der Waals surface area contributed by atoms with E-state index in [1.165, 1.54) is 6.07 Å². The first kappa shape index (κ1) is 13.2. The first-order chi connectivity index (χ1) is 8.37. The molecule has 2 rings (SSSR count). The van der Waals surface area contributed by atoms with E-state index in [4.69, 9.17) is 11.6 Å². The third kappa shape index (κ3) is 2.96. The Morgan fingerprint density at radius 2 is 2.00 bits per heavy atom. The number of alkyl halides is 3. The van der Waals surface area contributed by atoms with Gasteiger partial charge in [-0.1, -0.05) is 18.0 Å². The van der Waals surface area contributed by atoms with Crippen molar-refractivity contribution in [1.82, 2.24) is 0 Å². The highest BCUT2D eigenvalue weighted by Crippen LogP contribution is 2.34. The van der Waals surface area contributed by atoms with Gasteiger partial charge in [0.2, 0.25) is 0 Å². The Labute approximate surface area is 107 Å². The number of carbonyl (C=O) groups excluding carboxylic acids is 1. The van der Waals surface area contributed by atoms with Crippen LogP contribution in [0, 0.1) is 5.92 Å². The maximum Gasteiger partial charge on any atom is 0.573 e. The number of Topliss-reactive ketones (excluding diaryl/α,β-unsaturated/α-hetero) is 1. The number of rotatable bonds is 3. The highest BCUT2D eigenvalue weighted by molar-refractivity contribution is 6.34. The molecule has 0 aliphatic heterocycles. The monoisotopic (exact) mass is 278 g/mol. The van der Waals surface area contributed by atoms with Gasteiger partial charge < -0.3 is 4.74 Å². The lowest BCUT2D eigenvalue weighted by Gasteiger charge is -2.24. The standard InChI is InChI=1S/C12H10ClF3O2/c13-10-6-8(18-12(14,15)16)4-5-9(10)11(17)7-2-1-3-7/h4-7H,1-3H2. The minimum atomic E-state index is -4.76. The molecule has 98 valence electrons. The number of hydrogen-bond acceptors (Lipinski definition) is 2. The molecule has 0 aromatic heterocycles. The van der Waals surface area contributed by atoms with Crippen LogP contribution in [0.1, 0.15) is 29.6 Å². The lowest BCUT2D eigenvalue weighted by molar-refractivity contribution is -0.274. The van der Waals surface area contributed by atoms with Gasteiger partial charge in [0.25, 0.3) is 0 Å². The van der Waals surface area contributed by atoms with Gasteiger partial charge in [-0.25, -0.2) is 0 Å². The van der Waals surface area contributed by atoms with Gasteiger partial charge in [0.15, 0.2) is 5.78 Å². The van der Waals surface area contributed by atoms with Crippen LogP contribution in [-0.4, -0.2) is 12.1 Å². The molecule has 1 aliphatic carbocycles. The van der Waals surface area contributed by atoms with Crippen LogP contribution in [0.3, 0.4) is 0 Å². The lowest BCUT2D eigenvalue weighted by Crippen LogP contribution is -2.22. The summed E-state index contributed by atoms with van der Waals surface area (Å²) in [6, 6.07) is 3.40. The lowest BCUT2D eigenvalue weighted by atomic mass is 9.80. The number of halogens is 4. The molecule has 0 atom stereocenters. The average molecular weight is 279 g/mol. The largest absolute Gasteiger partial charge is 0.573 e. The highest BCUT2D eigenvalue weighted by atomic mass is 35.5. The topological polar surface area (TPSA) is 26.3 Å². The third-order valence-corrected chi connectivity index (χ3v) is 3.23. The van der Waals surface area contributed by atoms with Gasteiger partial charge in [-0.3, -0.25) is 4.79 Å². The van der Waals surface area contributed by atoms with Crippen LogP contribution in [0.4, 0.5) is 13.2 Å². The third-order valence-electron chi connectivity index (χ3n) is 2.92. The second-order valence-corrected chi connectivity index (χ2v) is 4.59. The molecular weight excluding hydrogens is 269 g/mol. The predicted octanol–water partition coefficient (Wildman–Crippen LogP) is 4.22. The fourth-order valence-electron chi connectivity index (χ4n) is 1.78. The maximum absolute atomic E-state index is 12.0. The van der Waals surface area contributed by atoms with Gasteiger partial charge in [-0.15, -0.1) is 13.2 Å². The van der Waals surface area contributed by atoms with Gasteiger partial charge in [0.05, 0.1) is 5.02 Å². The molecule has 2 nitrogen and oxygen atoms in total. The molecule has 1 aromatic carbocycles. The fraction of sp³-hybridized carbons (Fsp3) is 0.417. The fourth-order valence-corrected chi connectivity index (χ4v) is 2.05. The van der Waals surface area contributed by atoms with Crippen LogP contribution in [0.2, 0.25) is 5.02 Å². The molecule has 0 amide bonds. The zero-order valence-corrected chi connectivity index (χ0v) is 10.0. The minimum Gasteiger partial charge on any atom is -0.406 e. The zero-order chi connectivity index (χ0) is 13.3. The van der Waals surface area contributed by atoms with Crippen LogP contribution < -0.4 is 4.74 Å². The molecule has 0 N–H and O–H groups in total. The summed E-state index contributed by atoms with van der Waals surface area (Å²) in [5.41, 5.74) is 0.260. The summed E-state index contributed by atoms with van der Waals surface area (Å²) >= 11 is 5.81. The molecule has 0 heterocycles. The van der Waals surface area contributed by atoms with Crippen molar-refractivity contribution >= 4 is 17.4 Å². The van der Waals surface area contributed by atoms with Crippen molar-refractivity contribution in [2.75, 3.05) is 0 Å². The Morgan fingerprint density at radius 1 is 1.33 bits per heavy atom. The Bertz CT molecular complexity index is 467. The van der Waals surface area contributed by atoms with Crippen LogP contribution in [0.15, 0.2) is 18.2 Å².